The maximum atomic E-state index is 13.5. The van der Waals surface area contributed by atoms with Crippen molar-refractivity contribution in [3.8, 4) is 11.6 Å². The molecule has 0 atom stereocenters. The summed E-state index contributed by atoms with van der Waals surface area (Å²) in [4.78, 5) is 4.16. The SMILES string of the molecule is CNc1cccc(Oc2cc(C)ccc2F)n1. The van der Waals surface area contributed by atoms with Crippen molar-refractivity contribution in [2.45, 2.75) is 6.92 Å². The molecule has 0 saturated heterocycles. The van der Waals surface area contributed by atoms with E-state index in [0.717, 1.165) is 5.56 Å². The maximum Gasteiger partial charge on any atom is 0.221 e. The van der Waals surface area contributed by atoms with Crippen LogP contribution in [0.1, 0.15) is 5.56 Å². The molecule has 17 heavy (non-hydrogen) atoms. The summed E-state index contributed by atoms with van der Waals surface area (Å²) in [5.74, 6) is 0.829. The zero-order chi connectivity index (χ0) is 12.3. The van der Waals surface area contributed by atoms with Gasteiger partial charge in [-0.1, -0.05) is 12.1 Å². The molecule has 0 bridgehead atoms. The molecule has 0 radical (unpaired) electrons. The normalized spacial score (nSPS) is 10.1. The minimum Gasteiger partial charge on any atom is -0.436 e. The van der Waals surface area contributed by atoms with E-state index >= 15 is 0 Å². The van der Waals surface area contributed by atoms with Crippen LogP contribution in [0, 0.1) is 12.7 Å². The Hall–Kier alpha value is -2.10. The molecule has 0 amide bonds. The van der Waals surface area contributed by atoms with Gasteiger partial charge in [0.15, 0.2) is 11.6 Å². The lowest BCUT2D eigenvalue weighted by Gasteiger charge is -2.07. The Bertz CT molecular complexity index is 529. The third kappa shape index (κ3) is 2.72. The van der Waals surface area contributed by atoms with Gasteiger partial charge in [0, 0.05) is 13.1 Å². The smallest absolute Gasteiger partial charge is 0.221 e. The van der Waals surface area contributed by atoms with Gasteiger partial charge >= 0.3 is 0 Å². The standard InChI is InChI=1S/C13H13FN2O/c1-9-6-7-10(14)11(8-9)17-13-5-3-4-12(15-2)16-13/h3-8H,1-2H3,(H,15,16). The quantitative estimate of drug-likeness (QED) is 0.881. The number of aryl methyl sites for hydroxylation is 1. The van der Waals surface area contributed by atoms with Crippen LogP contribution in [0.25, 0.3) is 0 Å². The molecule has 88 valence electrons. The lowest BCUT2D eigenvalue weighted by Crippen LogP contribution is -1.95. The second kappa shape index (κ2) is 4.82. The van der Waals surface area contributed by atoms with E-state index in [4.69, 9.17) is 4.74 Å². The molecule has 1 N–H and O–H groups in total. The van der Waals surface area contributed by atoms with E-state index < -0.39 is 5.82 Å². The summed E-state index contributed by atoms with van der Waals surface area (Å²) in [5, 5.41) is 2.89. The van der Waals surface area contributed by atoms with Gasteiger partial charge in [0.1, 0.15) is 5.82 Å². The van der Waals surface area contributed by atoms with Crippen LogP contribution >= 0.6 is 0 Å². The predicted octanol–water partition coefficient (Wildman–Crippen LogP) is 3.36. The van der Waals surface area contributed by atoms with Gasteiger partial charge in [-0.2, -0.15) is 4.98 Å². The maximum absolute atomic E-state index is 13.5. The van der Waals surface area contributed by atoms with Gasteiger partial charge in [0.25, 0.3) is 0 Å². The number of ether oxygens (including phenoxy) is 1. The van der Waals surface area contributed by atoms with Gasteiger partial charge in [0.05, 0.1) is 0 Å². The molecule has 1 aromatic heterocycles. The lowest BCUT2D eigenvalue weighted by atomic mass is 10.2. The molecule has 0 spiro atoms. The molecule has 2 rings (SSSR count). The van der Waals surface area contributed by atoms with Gasteiger partial charge in [-0.05, 0) is 30.7 Å². The summed E-state index contributed by atoms with van der Waals surface area (Å²) in [6, 6.07) is 10.00. The average molecular weight is 232 g/mol. The fraction of sp³-hybridized carbons (Fsp3) is 0.154. The molecule has 1 heterocycles. The number of nitrogens with one attached hydrogen (secondary N) is 1. The van der Waals surface area contributed by atoms with Crippen LogP contribution in [0.4, 0.5) is 10.2 Å². The zero-order valence-electron chi connectivity index (χ0n) is 9.70. The van der Waals surface area contributed by atoms with E-state index in [0.29, 0.717) is 11.7 Å². The van der Waals surface area contributed by atoms with E-state index in [1.54, 1.807) is 37.4 Å². The molecule has 3 nitrogen and oxygen atoms in total. The minimum absolute atomic E-state index is 0.186. The average Bonchev–Trinajstić information content (AvgIpc) is 2.34. The van der Waals surface area contributed by atoms with Crippen LogP contribution in [-0.4, -0.2) is 12.0 Å². The second-order valence-corrected chi connectivity index (χ2v) is 3.65. The Morgan fingerprint density at radius 3 is 2.82 bits per heavy atom. The highest BCUT2D eigenvalue weighted by Gasteiger charge is 2.06. The summed E-state index contributed by atoms with van der Waals surface area (Å²) >= 11 is 0. The number of hydrogen-bond donors (Lipinski definition) is 1. The number of pyridine rings is 1. The summed E-state index contributed by atoms with van der Waals surface area (Å²) in [7, 11) is 1.76. The van der Waals surface area contributed by atoms with Gasteiger partial charge in [0.2, 0.25) is 5.88 Å². The van der Waals surface area contributed by atoms with Crippen LogP contribution in [0.15, 0.2) is 36.4 Å². The summed E-state index contributed by atoms with van der Waals surface area (Å²) in [6.45, 7) is 1.88. The highest BCUT2D eigenvalue weighted by molar-refractivity contribution is 5.38. The minimum atomic E-state index is -0.396. The number of nitrogens with zero attached hydrogens (tertiary/aromatic N) is 1. The van der Waals surface area contributed by atoms with Gasteiger partial charge in [-0.25, -0.2) is 4.39 Å². The molecule has 1 aromatic carbocycles. The number of benzene rings is 1. The molecule has 4 heteroatoms. The summed E-state index contributed by atoms with van der Waals surface area (Å²) in [5.41, 5.74) is 0.936. The third-order valence-electron chi connectivity index (χ3n) is 2.28. The monoisotopic (exact) mass is 232 g/mol. The molecule has 0 unspecified atom stereocenters. The number of hydrogen-bond acceptors (Lipinski definition) is 3. The number of halogens is 1. The van der Waals surface area contributed by atoms with Crippen molar-refractivity contribution in [3.63, 3.8) is 0 Å². The van der Waals surface area contributed by atoms with Crippen molar-refractivity contribution in [1.82, 2.24) is 4.98 Å². The Kier molecular flexibility index (Phi) is 3.23. The molecule has 0 fully saturated rings. The molecular formula is C13H13FN2O. The second-order valence-electron chi connectivity index (χ2n) is 3.65. The van der Waals surface area contributed by atoms with E-state index in [9.17, 15) is 4.39 Å². The van der Waals surface area contributed by atoms with E-state index in [2.05, 4.69) is 10.3 Å². The first-order valence-corrected chi connectivity index (χ1v) is 5.28. The molecule has 0 saturated carbocycles. The van der Waals surface area contributed by atoms with Crippen molar-refractivity contribution < 1.29 is 9.13 Å². The molecule has 0 aliphatic rings. The van der Waals surface area contributed by atoms with E-state index in [1.807, 2.05) is 6.92 Å². The first kappa shape index (κ1) is 11.4. The third-order valence-corrected chi connectivity index (χ3v) is 2.28. The summed E-state index contributed by atoms with van der Waals surface area (Å²) in [6.07, 6.45) is 0. The Morgan fingerprint density at radius 1 is 1.24 bits per heavy atom. The van der Waals surface area contributed by atoms with Crippen LogP contribution in [0.2, 0.25) is 0 Å². The summed E-state index contributed by atoms with van der Waals surface area (Å²) < 4.78 is 18.9. The van der Waals surface area contributed by atoms with Crippen molar-refractivity contribution in [1.29, 1.82) is 0 Å². The Labute approximate surface area is 99.3 Å². The van der Waals surface area contributed by atoms with Crippen LogP contribution in [-0.2, 0) is 0 Å². The van der Waals surface area contributed by atoms with E-state index in [-0.39, 0.29) is 5.75 Å². The van der Waals surface area contributed by atoms with Crippen LogP contribution in [0.5, 0.6) is 11.6 Å². The van der Waals surface area contributed by atoms with Crippen molar-refractivity contribution in [3.05, 3.63) is 47.8 Å². The van der Waals surface area contributed by atoms with Crippen LogP contribution in [0.3, 0.4) is 0 Å². The Balaban J connectivity index is 2.27. The molecular weight excluding hydrogens is 219 g/mol. The first-order valence-electron chi connectivity index (χ1n) is 5.28. The Morgan fingerprint density at radius 2 is 2.06 bits per heavy atom. The topological polar surface area (TPSA) is 34.1 Å². The molecule has 0 aliphatic heterocycles. The van der Waals surface area contributed by atoms with Gasteiger partial charge in [-0.15, -0.1) is 0 Å². The van der Waals surface area contributed by atoms with Crippen molar-refractivity contribution in [2.24, 2.45) is 0 Å². The largest absolute Gasteiger partial charge is 0.436 e. The van der Waals surface area contributed by atoms with Gasteiger partial charge < -0.3 is 10.1 Å². The van der Waals surface area contributed by atoms with Crippen molar-refractivity contribution >= 4 is 5.82 Å². The fourth-order valence-electron chi connectivity index (χ4n) is 1.41. The highest BCUT2D eigenvalue weighted by atomic mass is 19.1. The number of rotatable bonds is 3. The predicted molar refractivity (Wildman–Crippen MR) is 65.0 cm³/mol. The van der Waals surface area contributed by atoms with E-state index in [1.165, 1.54) is 6.07 Å². The number of anilines is 1. The molecule has 2 aromatic rings. The van der Waals surface area contributed by atoms with Gasteiger partial charge in [-0.3, -0.25) is 0 Å². The zero-order valence-corrected chi connectivity index (χ0v) is 9.70. The molecule has 0 aliphatic carbocycles. The van der Waals surface area contributed by atoms with Crippen LogP contribution < -0.4 is 10.1 Å². The van der Waals surface area contributed by atoms with Crippen molar-refractivity contribution in [2.75, 3.05) is 12.4 Å². The number of aromatic nitrogens is 1. The first-order chi connectivity index (χ1) is 8.19. The highest BCUT2D eigenvalue weighted by Crippen LogP contribution is 2.24. The lowest BCUT2D eigenvalue weighted by molar-refractivity contribution is 0.427. The fourth-order valence-corrected chi connectivity index (χ4v) is 1.41.